The Morgan fingerprint density at radius 2 is 1.68 bits per heavy atom. The van der Waals surface area contributed by atoms with Crippen LogP contribution >= 0.6 is 0 Å². The quantitative estimate of drug-likeness (QED) is 0.783. The highest BCUT2D eigenvalue weighted by molar-refractivity contribution is 5.81. The Bertz CT molecular complexity index is 308. The van der Waals surface area contributed by atoms with Gasteiger partial charge in [0.25, 0.3) is 0 Å². The average molecular weight is 266 g/mol. The van der Waals surface area contributed by atoms with Crippen molar-refractivity contribution in [3.05, 3.63) is 0 Å². The number of carbonyl (C=O) groups is 1. The van der Waals surface area contributed by atoms with E-state index < -0.39 is 0 Å². The smallest absolute Gasteiger partial charge is 0.137 e. The van der Waals surface area contributed by atoms with Crippen LogP contribution in [-0.2, 0) is 4.79 Å². The zero-order valence-electron chi connectivity index (χ0n) is 13.1. The van der Waals surface area contributed by atoms with E-state index >= 15 is 0 Å². The van der Waals surface area contributed by atoms with E-state index in [1.807, 2.05) is 0 Å². The summed E-state index contributed by atoms with van der Waals surface area (Å²) >= 11 is 0. The average Bonchev–Trinajstić information content (AvgIpc) is 2.32. The molecule has 0 amide bonds. The molecule has 0 aromatic rings. The van der Waals surface area contributed by atoms with E-state index in [1.165, 1.54) is 6.42 Å². The molecule has 110 valence electrons. The normalized spacial score (nSPS) is 38.3. The number of hydrogen-bond acceptors (Lipinski definition) is 3. The molecule has 1 aliphatic heterocycles. The largest absolute Gasteiger partial charge is 0.304 e. The molecule has 3 atom stereocenters. The summed E-state index contributed by atoms with van der Waals surface area (Å²) in [6.07, 6.45) is 4.30. The van der Waals surface area contributed by atoms with Crippen LogP contribution in [0.1, 0.15) is 39.5 Å². The van der Waals surface area contributed by atoms with Crippen LogP contribution in [0.3, 0.4) is 0 Å². The van der Waals surface area contributed by atoms with Gasteiger partial charge in [0.1, 0.15) is 5.78 Å². The lowest BCUT2D eigenvalue weighted by atomic mass is 9.74. The van der Waals surface area contributed by atoms with Crippen LogP contribution in [0.2, 0.25) is 0 Å². The lowest BCUT2D eigenvalue weighted by molar-refractivity contribution is -0.126. The molecule has 3 nitrogen and oxygen atoms in total. The number of carbonyl (C=O) groups excluding carboxylic acids is 1. The van der Waals surface area contributed by atoms with Gasteiger partial charge in [0, 0.05) is 38.0 Å². The van der Waals surface area contributed by atoms with Gasteiger partial charge in [0.15, 0.2) is 0 Å². The summed E-state index contributed by atoms with van der Waals surface area (Å²) in [5.74, 6) is 2.30. The minimum atomic E-state index is 0.333. The third-order valence-corrected chi connectivity index (χ3v) is 5.05. The molecule has 1 aliphatic carbocycles. The zero-order chi connectivity index (χ0) is 14.0. The number of piperazine rings is 1. The summed E-state index contributed by atoms with van der Waals surface area (Å²) < 4.78 is 0. The van der Waals surface area contributed by atoms with Gasteiger partial charge in [-0.15, -0.1) is 0 Å². The molecule has 0 N–H and O–H groups in total. The fourth-order valence-electron chi connectivity index (χ4n) is 3.93. The second-order valence-electron chi connectivity index (χ2n) is 7.18. The van der Waals surface area contributed by atoms with Crippen molar-refractivity contribution in [2.45, 2.75) is 45.6 Å². The Labute approximate surface area is 118 Å². The first kappa shape index (κ1) is 15.0. The fraction of sp³-hybridized carbons (Fsp3) is 0.938. The van der Waals surface area contributed by atoms with Crippen LogP contribution in [0.5, 0.6) is 0 Å². The van der Waals surface area contributed by atoms with E-state index in [1.54, 1.807) is 0 Å². The summed E-state index contributed by atoms with van der Waals surface area (Å²) in [6.45, 7) is 7.86. The molecular formula is C16H30N2O. The SMILES string of the molecule is CC1CC(C)CC(C(=O)CC2CN(C)CCN2C)C1. The molecule has 2 rings (SSSR count). The molecule has 2 aliphatic rings. The van der Waals surface area contributed by atoms with Gasteiger partial charge in [-0.25, -0.2) is 0 Å². The Hall–Kier alpha value is -0.410. The molecule has 1 heterocycles. The van der Waals surface area contributed by atoms with Crippen LogP contribution in [0, 0.1) is 17.8 Å². The van der Waals surface area contributed by atoms with Gasteiger partial charge < -0.3 is 9.80 Å². The van der Waals surface area contributed by atoms with Crippen molar-refractivity contribution in [3.63, 3.8) is 0 Å². The first-order valence-corrected chi connectivity index (χ1v) is 7.87. The molecule has 19 heavy (non-hydrogen) atoms. The summed E-state index contributed by atoms with van der Waals surface area (Å²) in [5.41, 5.74) is 0. The predicted molar refractivity (Wildman–Crippen MR) is 79.2 cm³/mol. The topological polar surface area (TPSA) is 23.6 Å². The van der Waals surface area contributed by atoms with Gasteiger partial charge in [-0.3, -0.25) is 4.79 Å². The first-order chi connectivity index (χ1) is 8.95. The second kappa shape index (κ2) is 6.36. The minimum absolute atomic E-state index is 0.333. The van der Waals surface area contributed by atoms with Gasteiger partial charge in [-0.1, -0.05) is 13.8 Å². The van der Waals surface area contributed by atoms with Gasteiger partial charge in [-0.2, -0.15) is 0 Å². The molecule has 1 saturated heterocycles. The minimum Gasteiger partial charge on any atom is -0.304 e. The maximum Gasteiger partial charge on any atom is 0.137 e. The molecule has 0 radical (unpaired) electrons. The lowest BCUT2D eigenvalue weighted by Crippen LogP contribution is -2.51. The van der Waals surface area contributed by atoms with E-state index in [-0.39, 0.29) is 0 Å². The van der Waals surface area contributed by atoms with Crippen molar-refractivity contribution in [3.8, 4) is 0 Å². The highest BCUT2D eigenvalue weighted by Gasteiger charge is 2.32. The maximum absolute atomic E-state index is 12.6. The maximum atomic E-state index is 12.6. The standard InChI is InChI=1S/C16H30N2O/c1-12-7-13(2)9-14(8-12)16(19)10-15-11-17(3)5-6-18(15)4/h12-15H,5-11H2,1-4H3. The molecular weight excluding hydrogens is 236 g/mol. The molecule has 1 saturated carbocycles. The number of hydrogen-bond donors (Lipinski definition) is 0. The molecule has 0 bridgehead atoms. The Balaban J connectivity index is 1.89. The van der Waals surface area contributed by atoms with E-state index in [0.717, 1.165) is 50.7 Å². The number of nitrogens with zero attached hydrogens (tertiary/aromatic N) is 2. The van der Waals surface area contributed by atoms with E-state index in [2.05, 4.69) is 37.7 Å². The number of ketones is 1. The van der Waals surface area contributed by atoms with Crippen molar-refractivity contribution in [2.75, 3.05) is 33.7 Å². The summed E-state index contributed by atoms with van der Waals surface area (Å²) in [5, 5.41) is 0. The van der Waals surface area contributed by atoms with Crippen molar-refractivity contribution >= 4 is 5.78 Å². The lowest BCUT2D eigenvalue weighted by Gasteiger charge is -2.38. The third kappa shape index (κ3) is 4.03. The molecule has 2 fully saturated rings. The first-order valence-electron chi connectivity index (χ1n) is 7.87. The molecule has 0 aromatic carbocycles. The molecule has 0 spiro atoms. The molecule has 3 unspecified atom stereocenters. The Morgan fingerprint density at radius 1 is 1.05 bits per heavy atom. The summed E-state index contributed by atoms with van der Waals surface area (Å²) in [4.78, 5) is 17.3. The Morgan fingerprint density at radius 3 is 2.32 bits per heavy atom. The second-order valence-corrected chi connectivity index (χ2v) is 7.18. The van der Waals surface area contributed by atoms with E-state index in [4.69, 9.17) is 0 Å². The highest BCUT2D eigenvalue weighted by atomic mass is 16.1. The van der Waals surface area contributed by atoms with Gasteiger partial charge in [0.05, 0.1) is 0 Å². The van der Waals surface area contributed by atoms with Gasteiger partial charge in [-0.05, 0) is 45.2 Å². The van der Waals surface area contributed by atoms with Gasteiger partial charge in [0.2, 0.25) is 0 Å². The zero-order valence-corrected chi connectivity index (χ0v) is 13.1. The number of Topliss-reactive ketones (excluding diaryl/α,β-unsaturated/α-hetero) is 1. The van der Waals surface area contributed by atoms with Crippen LogP contribution in [0.4, 0.5) is 0 Å². The van der Waals surface area contributed by atoms with Crippen molar-refractivity contribution < 1.29 is 4.79 Å². The third-order valence-electron chi connectivity index (χ3n) is 5.05. The summed E-state index contributed by atoms with van der Waals surface area (Å²) in [6, 6.07) is 0.429. The van der Waals surface area contributed by atoms with Crippen LogP contribution < -0.4 is 0 Å². The monoisotopic (exact) mass is 266 g/mol. The Kier molecular flexibility index (Phi) is 5.02. The van der Waals surface area contributed by atoms with Crippen LogP contribution in [0.15, 0.2) is 0 Å². The van der Waals surface area contributed by atoms with Crippen molar-refractivity contribution in [2.24, 2.45) is 17.8 Å². The fourth-order valence-corrected chi connectivity index (χ4v) is 3.93. The molecule has 0 aromatic heterocycles. The van der Waals surface area contributed by atoms with Gasteiger partial charge >= 0.3 is 0 Å². The van der Waals surface area contributed by atoms with Crippen molar-refractivity contribution in [1.29, 1.82) is 0 Å². The number of rotatable bonds is 3. The van der Waals surface area contributed by atoms with E-state index in [9.17, 15) is 4.79 Å². The molecule has 3 heteroatoms. The van der Waals surface area contributed by atoms with Crippen LogP contribution in [-0.4, -0.2) is 55.4 Å². The summed E-state index contributed by atoms with van der Waals surface area (Å²) in [7, 11) is 4.33. The number of likely N-dealkylation sites (N-methyl/N-ethyl adjacent to an activating group) is 2. The van der Waals surface area contributed by atoms with Crippen molar-refractivity contribution in [1.82, 2.24) is 9.80 Å². The van der Waals surface area contributed by atoms with Crippen LogP contribution in [0.25, 0.3) is 0 Å². The highest BCUT2D eigenvalue weighted by Crippen LogP contribution is 2.34. The predicted octanol–water partition coefficient (Wildman–Crippen LogP) is 2.26. The van der Waals surface area contributed by atoms with E-state index in [0.29, 0.717) is 17.7 Å².